The zero-order chi connectivity index (χ0) is 22.7. The zero-order valence-electron chi connectivity index (χ0n) is 17.8. The van der Waals surface area contributed by atoms with Gasteiger partial charge in [-0.05, 0) is 42.5 Å². The number of hydrogen-bond donors (Lipinski definition) is 1. The van der Waals surface area contributed by atoms with Gasteiger partial charge >= 0.3 is 0 Å². The molecule has 1 heterocycles. The minimum absolute atomic E-state index is 0.190. The number of hydrogen-bond acceptors (Lipinski definition) is 6. The van der Waals surface area contributed by atoms with Gasteiger partial charge in [-0.3, -0.25) is 9.59 Å². The number of carbonyl (C=O) groups is 1. The number of carbonyl (C=O) groups excluding carboxylic acids is 1. The van der Waals surface area contributed by atoms with Crippen molar-refractivity contribution >= 4 is 22.6 Å². The molecule has 0 fully saturated rings. The summed E-state index contributed by atoms with van der Waals surface area (Å²) in [4.78, 5) is 25.4. The third kappa shape index (κ3) is 4.00. The lowest BCUT2D eigenvalue weighted by Gasteiger charge is -2.11. The van der Waals surface area contributed by atoms with Crippen molar-refractivity contribution in [3.63, 3.8) is 0 Å². The smallest absolute Gasteiger partial charge is 0.255 e. The first-order chi connectivity index (χ1) is 15.5. The molecule has 0 saturated heterocycles. The van der Waals surface area contributed by atoms with Gasteiger partial charge in [-0.1, -0.05) is 12.1 Å². The maximum Gasteiger partial charge on any atom is 0.255 e. The summed E-state index contributed by atoms with van der Waals surface area (Å²) in [5.41, 5.74) is 1.70. The molecule has 1 N–H and O–H groups in total. The third-order valence-corrected chi connectivity index (χ3v) is 5.01. The second-order valence-electron chi connectivity index (χ2n) is 6.91. The van der Waals surface area contributed by atoms with Crippen LogP contribution in [0.4, 0.5) is 5.69 Å². The number of ether oxygens (including phenoxy) is 3. The van der Waals surface area contributed by atoms with Crippen molar-refractivity contribution in [1.82, 2.24) is 0 Å². The second-order valence-corrected chi connectivity index (χ2v) is 6.91. The molecule has 0 aliphatic rings. The second kappa shape index (κ2) is 8.85. The normalized spacial score (nSPS) is 10.6. The molecule has 7 heteroatoms. The van der Waals surface area contributed by atoms with Crippen LogP contribution in [-0.4, -0.2) is 27.2 Å². The number of nitrogens with one attached hydrogen (secondary N) is 1. The maximum absolute atomic E-state index is 12.7. The molecule has 4 rings (SSSR count). The minimum Gasteiger partial charge on any atom is -0.496 e. The van der Waals surface area contributed by atoms with E-state index in [0.717, 1.165) is 0 Å². The molecule has 1 amide bonds. The first-order valence-electron chi connectivity index (χ1n) is 9.78. The van der Waals surface area contributed by atoms with E-state index in [2.05, 4.69) is 5.32 Å². The maximum atomic E-state index is 12.7. The Morgan fingerprint density at radius 3 is 2.31 bits per heavy atom. The van der Waals surface area contributed by atoms with Crippen LogP contribution in [0.5, 0.6) is 17.2 Å². The summed E-state index contributed by atoms with van der Waals surface area (Å²) in [6, 6.07) is 18.5. The van der Waals surface area contributed by atoms with E-state index < -0.39 is 0 Å². The fourth-order valence-electron chi connectivity index (χ4n) is 3.39. The van der Waals surface area contributed by atoms with Crippen molar-refractivity contribution in [2.75, 3.05) is 26.6 Å². The van der Waals surface area contributed by atoms with Crippen molar-refractivity contribution in [3.05, 3.63) is 82.5 Å². The van der Waals surface area contributed by atoms with Gasteiger partial charge < -0.3 is 23.9 Å². The molecule has 0 radical (unpaired) electrons. The van der Waals surface area contributed by atoms with Crippen molar-refractivity contribution in [1.29, 1.82) is 0 Å². The van der Waals surface area contributed by atoms with Crippen LogP contribution in [0.1, 0.15) is 10.4 Å². The number of para-hydroxylation sites is 1. The molecule has 0 unspecified atom stereocenters. The van der Waals surface area contributed by atoms with Crippen molar-refractivity contribution in [3.8, 4) is 28.6 Å². The molecular weight excluding hydrogens is 410 g/mol. The lowest BCUT2D eigenvalue weighted by molar-refractivity contribution is 0.102. The number of methoxy groups -OCH3 is 3. The summed E-state index contributed by atoms with van der Waals surface area (Å²) < 4.78 is 21.8. The van der Waals surface area contributed by atoms with Gasteiger partial charge in [0.25, 0.3) is 5.91 Å². The first kappa shape index (κ1) is 21.0. The van der Waals surface area contributed by atoms with Gasteiger partial charge in [0, 0.05) is 23.4 Å². The van der Waals surface area contributed by atoms with Gasteiger partial charge in [-0.25, -0.2) is 0 Å². The summed E-state index contributed by atoms with van der Waals surface area (Å²) in [5.74, 6) is 1.61. The topological polar surface area (TPSA) is 87.0 Å². The highest BCUT2D eigenvalue weighted by Gasteiger charge is 2.14. The lowest BCUT2D eigenvalue weighted by Crippen LogP contribution is -2.12. The molecule has 32 heavy (non-hydrogen) atoms. The van der Waals surface area contributed by atoms with Gasteiger partial charge in [0.05, 0.1) is 32.3 Å². The first-order valence-corrected chi connectivity index (χ1v) is 9.78. The Balaban J connectivity index is 1.69. The number of fused-ring (bicyclic) bond motifs is 1. The summed E-state index contributed by atoms with van der Waals surface area (Å²) >= 11 is 0. The Morgan fingerprint density at radius 1 is 0.812 bits per heavy atom. The van der Waals surface area contributed by atoms with E-state index >= 15 is 0 Å². The average molecular weight is 431 g/mol. The third-order valence-electron chi connectivity index (χ3n) is 5.01. The Morgan fingerprint density at radius 2 is 1.56 bits per heavy atom. The number of rotatable bonds is 6. The molecule has 162 valence electrons. The van der Waals surface area contributed by atoms with Crippen LogP contribution in [0.15, 0.2) is 75.9 Å². The molecule has 0 aliphatic carbocycles. The predicted molar refractivity (Wildman–Crippen MR) is 122 cm³/mol. The molecule has 0 aliphatic heterocycles. The lowest BCUT2D eigenvalue weighted by atomic mass is 10.1. The van der Waals surface area contributed by atoms with Crippen LogP contribution in [0, 0.1) is 0 Å². The molecule has 0 atom stereocenters. The SMILES string of the molecule is COc1ccc(C(=O)Nc2ccc3c(=O)cc(-c4ccccc4OC)oc3c2)cc1OC. The van der Waals surface area contributed by atoms with E-state index in [9.17, 15) is 9.59 Å². The molecule has 7 nitrogen and oxygen atoms in total. The molecular formula is C25H21NO6. The highest BCUT2D eigenvalue weighted by Crippen LogP contribution is 2.31. The molecule has 0 spiro atoms. The highest BCUT2D eigenvalue weighted by molar-refractivity contribution is 6.05. The number of benzene rings is 3. The van der Waals surface area contributed by atoms with Gasteiger partial charge in [-0.2, -0.15) is 0 Å². The summed E-state index contributed by atoms with van der Waals surface area (Å²) in [7, 11) is 4.59. The van der Waals surface area contributed by atoms with Gasteiger partial charge in [0.15, 0.2) is 16.9 Å². The number of amides is 1. The number of anilines is 1. The minimum atomic E-state index is -0.339. The van der Waals surface area contributed by atoms with E-state index in [-0.39, 0.29) is 11.3 Å². The van der Waals surface area contributed by atoms with Crippen molar-refractivity contribution in [2.45, 2.75) is 0 Å². The van der Waals surface area contributed by atoms with E-state index in [0.29, 0.717) is 50.8 Å². The fraction of sp³-hybridized carbons (Fsp3) is 0.120. The molecule has 4 aromatic rings. The van der Waals surface area contributed by atoms with Crippen LogP contribution in [-0.2, 0) is 0 Å². The molecule has 0 saturated carbocycles. The summed E-state index contributed by atoms with van der Waals surface area (Å²) in [6.07, 6.45) is 0. The quantitative estimate of drug-likeness (QED) is 0.475. The van der Waals surface area contributed by atoms with Gasteiger partial charge in [0.1, 0.15) is 17.1 Å². The van der Waals surface area contributed by atoms with Crippen LogP contribution < -0.4 is 25.0 Å². The van der Waals surface area contributed by atoms with Crippen molar-refractivity contribution < 1.29 is 23.4 Å². The predicted octanol–water partition coefficient (Wildman–Crippen LogP) is 4.74. The van der Waals surface area contributed by atoms with Crippen LogP contribution in [0.25, 0.3) is 22.3 Å². The van der Waals surface area contributed by atoms with E-state index in [1.807, 2.05) is 18.2 Å². The Hall–Kier alpha value is -4.26. The Kier molecular flexibility index (Phi) is 5.81. The van der Waals surface area contributed by atoms with E-state index in [1.54, 1.807) is 49.6 Å². The van der Waals surface area contributed by atoms with E-state index in [1.165, 1.54) is 20.3 Å². The fourth-order valence-corrected chi connectivity index (χ4v) is 3.39. The van der Waals surface area contributed by atoms with Crippen LogP contribution in [0.3, 0.4) is 0 Å². The highest BCUT2D eigenvalue weighted by atomic mass is 16.5. The van der Waals surface area contributed by atoms with Gasteiger partial charge in [-0.15, -0.1) is 0 Å². The Labute approximate surface area is 184 Å². The Bertz CT molecular complexity index is 1360. The molecule has 1 aromatic heterocycles. The van der Waals surface area contributed by atoms with Gasteiger partial charge in [0.2, 0.25) is 0 Å². The summed E-state index contributed by atoms with van der Waals surface area (Å²) in [5, 5.41) is 3.23. The standard InChI is InChI=1S/C25H21NO6/c1-29-20-7-5-4-6-18(20)23-14-19(27)17-10-9-16(13-22(17)32-23)26-25(28)15-8-11-21(30-2)24(12-15)31-3/h4-14H,1-3H3,(H,26,28). The molecule has 0 bridgehead atoms. The zero-order valence-corrected chi connectivity index (χ0v) is 17.8. The van der Waals surface area contributed by atoms with E-state index in [4.69, 9.17) is 18.6 Å². The summed E-state index contributed by atoms with van der Waals surface area (Å²) in [6.45, 7) is 0. The van der Waals surface area contributed by atoms with Crippen LogP contribution >= 0.6 is 0 Å². The van der Waals surface area contributed by atoms with Crippen molar-refractivity contribution in [2.24, 2.45) is 0 Å². The molecule has 3 aromatic carbocycles. The largest absolute Gasteiger partial charge is 0.496 e. The average Bonchev–Trinajstić information content (AvgIpc) is 2.83. The van der Waals surface area contributed by atoms with Crippen LogP contribution in [0.2, 0.25) is 0 Å². The monoisotopic (exact) mass is 431 g/mol.